The van der Waals surface area contributed by atoms with Crippen LogP contribution in [0.1, 0.15) is 76.0 Å². The van der Waals surface area contributed by atoms with Gasteiger partial charge >= 0.3 is 0 Å². The number of hydrogen-bond donors (Lipinski definition) is 1. The Hall–Kier alpha value is -2.87. The zero-order valence-corrected chi connectivity index (χ0v) is 26.6. The lowest BCUT2D eigenvalue weighted by atomic mass is 9.48. The fourth-order valence-electron chi connectivity index (χ4n) is 8.10. The van der Waals surface area contributed by atoms with Gasteiger partial charge in [-0.1, -0.05) is 55.8 Å². The van der Waals surface area contributed by atoms with Crippen molar-refractivity contribution in [1.82, 2.24) is 10.2 Å². The Morgan fingerprint density at radius 3 is 2.07 bits per heavy atom. The molecule has 0 saturated heterocycles. The van der Waals surface area contributed by atoms with Crippen molar-refractivity contribution in [2.75, 3.05) is 23.7 Å². The van der Waals surface area contributed by atoms with Gasteiger partial charge in [-0.25, -0.2) is 8.42 Å². The van der Waals surface area contributed by atoms with Crippen molar-refractivity contribution >= 4 is 27.5 Å². The molecule has 7 nitrogen and oxygen atoms in total. The first-order valence-electron chi connectivity index (χ1n) is 15.5. The van der Waals surface area contributed by atoms with Gasteiger partial charge < -0.3 is 10.2 Å². The smallest absolute Gasteiger partial charge is 0.244 e. The molecule has 0 unspecified atom stereocenters. The quantitative estimate of drug-likeness (QED) is 0.377. The van der Waals surface area contributed by atoms with Gasteiger partial charge in [-0.05, 0) is 105 Å². The van der Waals surface area contributed by atoms with E-state index in [0.29, 0.717) is 12.2 Å². The van der Waals surface area contributed by atoms with E-state index in [9.17, 15) is 18.0 Å². The molecule has 1 atom stereocenters. The summed E-state index contributed by atoms with van der Waals surface area (Å²) < 4.78 is 27.3. The average molecular weight is 594 g/mol. The summed E-state index contributed by atoms with van der Waals surface area (Å²) in [4.78, 5) is 28.4. The van der Waals surface area contributed by atoms with Crippen LogP contribution in [0.4, 0.5) is 5.69 Å². The van der Waals surface area contributed by atoms with Gasteiger partial charge in [0.1, 0.15) is 12.6 Å². The Balaban J connectivity index is 1.38. The highest BCUT2D eigenvalue weighted by molar-refractivity contribution is 7.92. The first-order chi connectivity index (χ1) is 19.8. The van der Waals surface area contributed by atoms with Crippen LogP contribution in [0, 0.1) is 30.6 Å². The second-order valence-corrected chi connectivity index (χ2v) is 15.7. The predicted molar refractivity (Wildman–Crippen MR) is 168 cm³/mol. The van der Waals surface area contributed by atoms with E-state index in [4.69, 9.17) is 0 Å². The van der Waals surface area contributed by atoms with Gasteiger partial charge in [0.2, 0.25) is 21.8 Å². The van der Waals surface area contributed by atoms with Crippen LogP contribution in [0.2, 0.25) is 0 Å². The van der Waals surface area contributed by atoms with E-state index in [1.54, 1.807) is 6.92 Å². The maximum absolute atomic E-state index is 13.9. The summed E-state index contributed by atoms with van der Waals surface area (Å²) in [7, 11) is -3.77. The van der Waals surface area contributed by atoms with Crippen LogP contribution in [0.15, 0.2) is 48.5 Å². The molecule has 4 aliphatic rings. The molecule has 1 N–H and O–H groups in total. The summed E-state index contributed by atoms with van der Waals surface area (Å²) in [5.74, 6) is 2.06. The van der Waals surface area contributed by atoms with Gasteiger partial charge in [0.05, 0.1) is 11.9 Å². The van der Waals surface area contributed by atoms with Crippen molar-refractivity contribution < 1.29 is 18.0 Å². The summed E-state index contributed by atoms with van der Waals surface area (Å²) in [5, 5.41) is 2.93. The first kappa shape index (κ1) is 30.6. The van der Waals surface area contributed by atoms with Crippen molar-refractivity contribution in [3.8, 4) is 0 Å². The molecule has 0 aliphatic heterocycles. The number of rotatable bonds is 11. The van der Waals surface area contributed by atoms with Crippen molar-refractivity contribution in [2.45, 2.75) is 84.2 Å². The third kappa shape index (κ3) is 6.69. The summed E-state index contributed by atoms with van der Waals surface area (Å²) in [5.41, 5.74) is 3.93. The van der Waals surface area contributed by atoms with E-state index in [2.05, 4.69) is 17.4 Å². The minimum absolute atomic E-state index is 0.208. The van der Waals surface area contributed by atoms with E-state index < -0.39 is 22.0 Å². The number of carbonyl (C=O) groups excluding carboxylic acids is 2. The molecule has 2 aromatic rings. The van der Waals surface area contributed by atoms with Crippen LogP contribution in [-0.4, -0.2) is 50.5 Å². The Labute approximate surface area is 252 Å². The Morgan fingerprint density at radius 1 is 0.952 bits per heavy atom. The average Bonchev–Trinajstić information content (AvgIpc) is 2.91. The normalized spacial score (nSPS) is 25.3. The maximum Gasteiger partial charge on any atom is 0.244 e. The SMILES string of the molecule is Cc1cccc(CN(C(=O)CN(c2ccc(C34CC5CC(CC(C5)C3)C4)cc2)S(C)(=O)=O)[C@H](C)C(=O)NCC(C)C)c1. The number of anilines is 1. The number of aryl methyl sites for hydroxylation is 1. The molecular formula is C34H47N3O4S. The molecule has 4 bridgehead atoms. The fourth-order valence-corrected chi connectivity index (χ4v) is 8.95. The molecular weight excluding hydrogens is 546 g/mol. The highest BCUT2D eigenvalue weighted by atomic mass is 32.2. The molecule has 6 rings (SSSR count). The first-order valence-corrected chi connectivity index (χ1v) is 17.4. The monoisotopic (exact) mass is 593 g/mol. The number of benzene rings is 2. The van der Waals surface area contributed by atoms with Crippen LogP contribution >= 0.6 is 0 Å². The van der Waals surface area contributed by atoms with E-state index in [-0.39, 0.29) is 30.3 Å². The second-order valence-electron chi connectivity index (χ2n) is 13.8. The fraction of sp³-hybridized carbons (Fsp3) is 0.588. The Bertz CT molecular complexity index is 1370. The lowest BCUT2D eigenvalue weighted by Crippen LogP contribution is -2.51. The number of sulfonamides is 1. The highest BCUT2D eigenvalue weighted by Crippen LogP contribution is 2.60. The van der Waals surface area contributed by atoms with Gasteiger partial charge in [-0.3, -0.25) is 13.9 Å². The van der Waals surface area contributed by atoms with Gasteiger partial charge in [-0.15, -0.1) is 0 Å². The molecule has 8 heteroatoms. The van der Waals surface area contributed by atoms with E-state index >= 15 is 0 Å². The summed E-state index contributed by atoms with van der Waals surface area (Å²) in [6.45, 7) is 8.04. The standard InChI is InChI=1S/C34H47N3O4S/c1-23(2)20-35-33(39)25(4)36(21-26-8-6-7-24(3)13-26)32(38)22-37(42(5,40)41)31-11-9-30(10-12-31)34-17-27-14-28(18-34)16-29(15-27)19-34/h6-13,23,25,27-29H,14-22H2,1-5H3,(H,35,39)/t25-,27?,28?,29?,34?/m1/s1. The third-order valence-electron chi connectivity index (χ3n) is 9.77. The van der Waals surface area contributed by atoms with E-state index in [1.807, 2.05) is 57.2 Å². The molecule has 42 heavy (non-hydrogen) atoms. The molecule has 0 heterocycles. The Morgan fingerprint density at radius 2 is 1.55 bits per heavy atom. The zero-order valence-electron chi connectivity index (χ0n) is 25.8. The number of hydrogen-bond acceptors (Lipinski definition) is 4. The van der Waals surface area contributed by atoms with Gasteiger partial charge in [0.15, 0.2) is 0 Å². The lowest BCUT2D eigenvalue weighted by molar-refractivity contribution is -0.139. The largest absolute Gasteiger partial charge is 0.354 e. The molecule has 2 aromatic carbocycles. The second kappa shape index (κ2) is 12.0. The topological polar surface area (TPSA) is 86.8 Å². The van der Waals surface area contributed by atoms with Crippen molar-refractivity contribution in [2.24, 2.45) is 23.7 Å². The molecule has 4 fully saturated rings. The van der Waals surface area contributed by atoms with Crippen LogP contribution in [0.3, 0.4) is 0 Å². The Kier molecular flexibility index (Phi) is 8.75. The van der Waals surface area contributed by atoms with E-state index in [0.717, 1.165) is 35.1 Å². The van der Waals surface area contributed by atoms with Crippen LogP contribution in [-0.2, 0) is 31.6 Å². The highest BCUT2D eigenvalue weighted by Gasteiger charge is 2.51. The number of amides is 2. The van der Waals surface area contributed by atoms with Crippen molar-refractivity contribution in [3.63, 3.8) is 0 Å². The maximum atomic E-state index is 13.9. The molecule has 0 spiro atoms. The van der Waals surface area contributed by atoms with Gasteiger partial charge in [-0.2, -0.15) is 0 Å². The zero-order chi connectivity index (χ0) is 30.2. The minimum atomic E-state index is -3.77. The third-order valence-corrected chi connectivity index (χ3v) is 10.9. The number of carbonyl (C=O) groups is 2. The molecule has 2 amide bonds. The van der Waals surface area contributed by atoms with Crippen LogP contribution in [0.25, 0.3) is 0 Å². The molecule has 0 radical (unpaired) electrons. The van der Waals surface area contributed by atoms with Crippen molar-refractivity contribution in [1.29, 1.82) is 0 Å². The van der Waals surface area contributed by atoms with Gasteiger partial charge in [0, 0.05) is 13.1 Å². The van der Waals surface area contributed by atoms with Crippen LogP contribution in [0.5, 0.6) is 0 Å². The van der Waals surface area contributed by atoms with Gasteiger partial charge in [0.25, 0.3) is 0 Å². The molecule has 0 aromatic heterocycles. The summed E-state index contributed by atoms with van der Waals surface area (Å²) in [6, 6.07) is 15.0. The molecule has 4 aliphatic carbocycles. The van der Waals surface area contributed by atoms with Crippen molar-refractivity contribution in [3.05, 3.63) is 65.2 Å². The summed E-state index contributed by atoms with van der Waals surface area (Å²) in [6.07, 6.45) is 8.94. The van der Waals surface area contributed by atoms with E-state index in [1.165, 1.54) is 53.3 Å². The van der Waals surface area contributed by atoms with Crippen LogP contribution < -0.4 is 9.62 Å². The predicted octanol–water partition coefficient (Wildman–Crippen LogP) is 5.42. The molecule has 228 valence electrons. The number of nitrogens with zero attached hydrogens (tertiary/aromatic N) is 2. The number of nitrogens with one attached hydrogen (secondary N) is 1. The molecule has 4 saturated carbocycles. The lowest BCUT2D eigenvalue weighted by Gasteiger charge is -2.57. The minimum Gasteiger partial charge on any atom is -0.354 e. The summed E-state index contributed by atoms with van der Waals surface area (Å²) >= 11 is 0.